The number of carbonyl (C=O) groups is 1. The first-order valence-electron chi connectivity index (χ1n) is 5.68. The molecule has 0 atom stereocenters. The zero-order valence-electron chi connectivity index (χ0n) is 10.3. The average molecular weight is 252 g/mol. The van der Waals surface area contributed by atoms with Crippen LogP contribution in [0.15, 0.2) is 42.6 Å². The first kappa shape index (κ1) is 12.6. The first-order chi connectivity index (χ1) is 9.22. The monoisotopic (exact) mass is 252 g/mol. The fraction of sp³-hybridized carbons (Fsp3) is 0.0714. The summed E-state index contributed by atoms with van der Waals surface area (Å²) in [5.41, 5.74) is 2.32. The number of hydrogen-bond acceptors (Lipinski definition) is 4. The van der Waals surface area contributed by atoms with E-state index in [-0.39, 0.29) is 5.91 Å². The van der Waals surface area contributed by atoms with Crippen molar-refractivity contribution in [2.45, 2.75) is 0 Å². The van der Waals surface area contributed by atoms with Crippen LogP contribution in [-0.4, -0.2) is 17.9 Å². The molecule has 0 radical (unpaired) electrons. The molecule has 0 aliphatic rings. The molecular weight excluding hydrogens is 240 g/mol. The lowest BCUT2D eigenvalue weighted by molar-refractivity contribution is 0.102. The van der Waals surface area contributed by atoms with Crippen molar-refractivity contribution in [1.29, 1.82) is 5.26 Å². The van der Waals surface area contributed by atoms with Gasteiger partial charge in [-0.2, -0.15) is 5.26 Å². The highest BCUT2D eigenvalue weighted by Crippen LogP contribution is 2.12. The van der Waals surface area contributed by atoms with Crippen LogP contribution in [0, 0.1) is 11.3 Å². The number of nitriles is 1. The van der Waals surface area contributed by atoms with Gasteiger partial charge in [0.05, 0.1) is 11.6 Å². The predicted molar refractivity (Wildman–Crippen MR) is 72.9 cm³/mol. The number of benzene rings is 1. The smallest absolute Gasteiger partial charge is 0.274 e. The highest BCUT2D eigenvalue weighted by atomic mass is 16.1. The molecule has 5 nitrogen and oxygen atoms in total. The minimum absolute atomic E-state index is 0.290. The van der Waals surface area contributed by atoms with Crippen LogP contribution in [0.4, 0.5) is 11.4 Å². The molecule has 2 rings (SSSR count). The second-order valence-corrected chi connectivity index (χ2v) is 3.82. The Morgan fingerprint density at radius 2 is 1.95 bits per heavy atom. The van der Waals surface area contributed by atoms with Crippen molar-refractivity contribution in [1.82, 2.24) is 4.98 Å². The van der Waals surface area contributed by atoms with E-state index in [4.69, 9.17) is 5.26 Å². The number of rotatable bonds is 3. The zero-order chi connectivity index (χ0) is 13.7. The molecular formula is C14H12N4O. The Morgan fingerprint density at radius 1 is 1.21 bits per heavy atom. The van der Waals surface area contributed by atoms with Crippen LogP contribution in [0.3, 0.4) is 0 Å². The molecule has 1 aromatic carbocycles. The minimum Gasteiger partial charge on any atom is -0.388 e. The van der Waals surface area contributed by atoms with E-state index in [0.29, 0.717) is 16.9 Å². The maximum Gasteiger partial charge on any atom is 0.274 e. The molecule has 0 fully saturated rings. The Bertz CT molecular complexity index is 629. The Morgan fingerprint density at radius 3 is 2.58 bits per heavy atom. The van der Waals surface area contributed by atoms with Crippen molar-refractivity contribution < 1.29 is 4.79 Å². The summed E-state index contributed by atoms with van der Waals surface area (Å²) in [6.07, 6.45) is 1.57. The van der Waals surface area contributed by atoms with Crippen molar-refractivity contribution in [3.8, 4) is 6.07 Å². The summed E-state index contributed by atoms with van der Waals surface area (Å²) in [6, 6.07) is 12.1. The van der Waals surface area contributed by atoms with Crippen molar-refractivity contribution in [2.75, 3.05) is 17.7 Å². The lowest BCUT2D eigenvalue weighted by Gasteiger charge is -2.06. The van der Waals surface area contributed by atoms with Gasteiger partial charge in [0.15, 0.2) is 0 Å². The molecule has 0 aliphatic heterocycles. The van der Waals surface area contributed by atoms with Gasteiger partial charge >= 0.3 is 0 Å². The van der Waals surface area contributed by atoms with E-state index >= 15 is 0 Å². The summed E-state index contributed by atoms with van der Waals surface area (Å²) in [6.45, 7) is 0. The second kappa shape index (κ2) is 5.65. The largest absolute Gasteiger partial charge is 0.388 e. The molecule has 0 bridgehead atoms. The first-order valence-corrected chi connectivity index (χ1v) is 5.68. The predicted octanol–water partition coefficient (Wildman–Crippen LogP) is 2.25. The van der Waals surface area contributed by atoms with Gasteiger partial charge in [0.1, 0.15) is 5.69 Å². The maximum absolute atomic E-state index is 12.0. The molecule has 5 heteroatoms. The summed E-state index contributed by atoms with van der Waals surface area (Å²) in [5, 5.41) is 14.4. The molecule has 2 N–H and O–H groups in total. The SMILES string of the molecule is CNc1ccnc(C(=O)Nc2ccc(C#N)cc2)c1. The van der Waals surface area contributed by atoms with Gasteiger partial charge in [-0.25, -0.2) is 0 Å². The lowest BCUT2D eigenvalue weighted by atomic mass is 10.2. The molecule has 94 valence electrons. The number of anilines is 2. The summed E-state index contributed by atoms with van der Waals surface area (Å²) >= 11 is 0. The Balaban J connectivity index is 2.13. The lowest BCUT2D eigenvalue weighted by Crippen LogP contribution is -2.13. The molecule has 19 heavy (non-hydrogen) atoms. The van der Waals surface area contributed by atoms with Gasteiger partial charge in [0, 0.05) is 24.6 Å². The van der Waals surface area contributed by atoms with Crippen LogP contribution in [0.25, 0.3) is 0 Å². The number of hydrogen-bond donors (Lipinski definition) is 2. The maximum atomic E-state index is 12.0. The van der Waals surface area contributed by atoms with Crippen LogP contribution in [0.5, 0.6) is 0 Å². The van der Waals surface area contributed by atoms with Gasteiger partial charge < -0.3 is 10.6 Å². The number of amides is 1. The van der Waals surface area contributed by atoms with E-state index in [9.17, 15) is 4.79 Å². The Hall–Kier alpha value is -2.87. The number of nitrogens with one attached hydrogen (secondary N) is 2. The average Bonchev–Trinajstić information content (AvgIpc) is 2.48. The summed E-state index contributed by atoms with van der Waals surface area (Å²) < 4.78 is 0. The van der Waals surface area contributed by atoms with E-state index in [1.165, 1.54) is 0 Å². The summed E-state index contributed by atoms with van der Waals surface area (Å²) in [5.74, 6) is -0.290. The highest BCUT2D eigenvalue weighted by Gasteiger charge is 2.08. The third-order valence-corrected chi connectivity index (χ3v) is 2.55. The van der Waals surface area contributed by atoms with E-state index < -0.39 is 0 Å². The minimum atomic E-state index is -0.290. The van der Waals surface area contributed by atoms with Crippen LogP contribution in [0.2, 0.25) is 0 Å². The zero-order valence-corrected chi connectivity index (χ0v) is 10.3. The van der Waals surface area contributed by atoms with Gasteiger partial charge in [0.25, 0.3) is 5.91 Å². The molecule has 0 unspecified atom stereocenters. The van der Waals surface area contributed by atoms with Crippen LogP contribution >= 0.6 is 0 Å². The normalized spacial score (nSPS) is 9.47. The number of aromatic nitrogens is 1. The van der Waals surface area contributed by atoms with Crippen molar-refractivity contribution in [3.05, 3.63) is 53.9 Å². The number of pyridine rings is 1. The quantitative estimate of drug-likeness (QED) is 0.878. The topological polar surface area (TPSA) is 77.8 Å². The molecule has 0 saturated carbocycles. The van der Waals surface area contributed by atoms with Crippen molar-refractivity contribution in [3.63, 3.8) is 0 Å². The molecule has 1 aromatic heterocycles. The van der Waals surface area contributed by atoms with E-state index in [1.54, 1.807) is 49.6 Å². The Labute approximate surface area is 110 Å². The second-order valence-electron chi connectivity index (χ2n) is 3.82. The van der Waals surface area contributed by atoms with Crippen molar-refractivity contribution in [2.24, 2.45) is 0 Å². The van der Waals surface area contributed by atoms with Gasteiger partial charge in [-0.3, -0.25) is 9.78 Å². The van der Waals surface area contributed by atoms with Crippen LogP contribution in [-0.2, 0) is 0 Å². The molecule has 1 heterocycles. The third-order valence-electron chi connectivity index (χ3n) is 2.55. The van der Waals surface area contributed by atoms with E-state index in [2.05, 4.69) is 15.6 Å². The Kier molecular flexibility index (Phi) is 3.74. The summed E-state index contributed by atoms with van der Waals surface area (Å²) in [7, 11) is 1.78. The molecule has 2 aromatic rings. The van der Waals surface area contributed by atoms with Gasteiger partial charge in [-0.15, -0.1) is 0 Å². The van der Waals surface area contributed by atoms with Gasteiger partial charge in [-0.1, -0.05) is 0 Å². The number of carbonyl (C=O) groups excluding carboxylic acids is 1. The van der Waals surface area contributed by atoms with Gasteiger partial charge in [-0.05, 0) is 36.4 Å². The van der Waals surface area contributed by atoms with Crippen molar-refractivity contribution >= 4 is 17.3 Å². The molecule has 0 spiro atoms. The standard InChI is InChI=1S/C14H12N4O/c1-16-12-6-7-17-13(8-12)14(19)18-11-4-2-10(9-15)3-5-11/h2-8H,1H3,(H,16,17)(H,18,19). The third kappa shape index (κ3) is 3.07. The van der Waals surface area contributed by atoms with Crippen LogP contribution < -0.4 is 10.6 Å². The highest BCUT2D eigenvalue weighted by molar-refractivity contribution is 6.03. The molecule has 0 saturated heterocycles. The van der Waals surface area contributed by atoms with Gasteiger partial charge in [0.2, 0.25) is 0 Å². The molecule has 1 amide bonds. The van der Waals surface area contributed by atoms with E-state index in [0.717, 1.165) is 5.69 Å². The van der Waals surface area contributed by atoms with Crippen LogP contribution in [0.1, 0.15) is 16.1 Å². The fourth-order valence-corrected chi connectivity index (χ4v) is 1.53. The summed E-state index contributed by atoms with van der Waals surface area (Å²) in [4.78, 5) is 16.0. The fourth-order valence-electron chi connectivity index (χ4n) is 1.53. The number of nitrogens with zero attached hydrogens (tertiary/aromatic N) is 2. The van der Waals surface area contributed by atoms with E-state index in [1.807, 2.05) is 6.07 Å². The molecule has 0 aliphatic carbocycles.